The molecule has 6 nitrogen and oxygen atoms in total. The Morgan fingerprint density at radius 3 is 2.00 bits per heavy atom. The van der Waals surface area contributed by atoms with E-state index in [-0.39, 0.29) is 27.4 Å². The molecule has 0 aliphatic carbocycles. The van der Waals surface area contributed by atoms with E-state index in [0.717, 1.165) is 0 Å². The van der Waals surface area contributed by atoms with Gasteiger partial charge in [0.25, 0.3) is 0 Å². The molecule has 0 fully saturated rings. The molecule has 4 N–H and O–H groups in total. The van der Waals surface area contributed by atoms with Gasteiger partial charge in [-0.3, -0.25) is 0 Å². The van der Waals surface area contributed by atoms with Crippen molar-refractivity contribution in [3.63, 3.8) is 0 Å². The van der Waals surface area contributed by atoms with Crippen molar-refractivity contribution < 1.29 is 17.1 Å². The third-order valence-electron chi connectivity index (χ3n) is 0.707. The maximum Gasteiger partial charge on any atom is 2.00 e. The van der Waals surface area contributed by atoms with Crippen LogP contribution in [0.3, 0.4) is 0 Å². The molecule has 0 atom stereocenters. The SMILES string of the molecule is CC(/C=N\N=C(\N)[S-])=N/N=C(/N)[S-].[Cu+2]. The molecule has 0 aliphatic heterocycles. The van der Waals surface area contributed by atoms with Crippen LogP contribution in [0.2, 0.25) is 0 Å². The molecule has 0 saturated heterocycles. The topological polar surface area (TPSA) is 101 Å². The van der Waals surface area contributed by atoms with E-state index in [1.54, 1.807) is 6.92 Å². The Labute approximate surface area is 103 Å². The van der Waals surface area contributed by atoms with E-state index in [0.29, 0.717) is 5.71 Å². The van der Waals surface area contributed by atoms with Gasteiger partial charge in [0.2, 0.25) is 0 Å². The fourth-order valence-electron chi connectivity index (χ4n) is 0.323. The van der Waals surface area contributed by atoms with Crippen molar-refractivity contribution in [1.82, 2.24) is 0 Å². The first-order valence-electron chi connectivity index (χ1n) is 3.10. The standard InChI is InChI=1S/C5H10N6S2.Cu/c1-3(9-11-5(7)13)2-8-10-4(6)12;/h2H,1H3,(H3,6,10,12)(H3,7,11,13);/q;+2/p-2/b8-2-,9-3-;. The third-order valence-corrected chi connectivity index (χ3v) is 0.870. The van der Waals surface area contributed by atoms with Crippen LogP contribution in [0.5, 0.6) is 0 Å². The Kier molecular flexibility index (Phi) is 9.89. The predicted molar refractivity (Wildman–Crippen MR) is 59.6 cm³/mol. The Morgan fingerprint density at radius 2 is 1.57 bits per heavy atom. The van der Waals surface area contributed by atoms with Crippen molar-refractivity contribution in [2.75, 3.05) is 0 Å². The van der Waals surface area contributed by atoms with Crippen molar-refractivity contribution in [3.05, 3.63) is 0 Å². The monoisotopic (exact) mass is 279 g/mol. The van der Waals surface area contributed by atoms with Gasteiger partial charge in [0.15, 0.2) is 0 Å². The number of nitrogens with two attached hydrogens (primary N) is 2. The molecule has 0 unspecified atom stereocenters. The second-order valence-electron chi connectivity index (χ2n) is 1.86. The van der Waals surface area contributed by atoms with E-state index < -0.39 is 0 Å². The molecule has 14 heavy (non-hydrogen) atoms. The van der Waals surface area contributed by atoms with Gasteiger partial charge < -0.3 is 36.7 Å². The fourth-order valence-corrected chi connectivity index (χ4v) is 0.411. The first kappa shape index (κ1) is 15.7. The normalized spacial score (nSPS) is 14.2. The first-order chi connectivity index (χ1) is 6.02. The van der Waals surface area contributed by atoms with Crippen LogP contribution in [0.4, 0.5) is 0 Å². The Hall–Kier alpha value is -0.761. The number of hydrogen-bond acceptors (Lipinski definition) is 6. The van der Waals surface area contributed by atoms with Crippen LogP contribution < -0.4 is 11.5 Å². The summed E-state index contributed by atoms with van der Waals surface area (Å²) in [6, 6.07) is 0. The maximum atomic E-state index is 5.07. The van der Waals surface area contributed by atoms with Gasteiger partial charge >= 0.3 is 17.1 Å². The zero-order chi connectivity index (χ0) is 10.3. The maximum absolute atomic E-state index is 5.07. The van der Waals surface area contributed by atoms with Crippen molar-refractivity contribution in [2.24, 2.45) is 31.9 Å². The van der Waals surface area contributed by atoms with Crippen molar-refractivity contribution in [1.29, 1.82) is 0 Å². The van der Waals surface area contributed by atoms with E-state index in [4.69, 9.17) is 11.5 Å². The summed E-state index contributed by atoms with van der Waals surface area (Å²) in [5.41, 5.74) is 10.6. The van der Waals surface area contributed by atoms with Gasteiger partial charge in [0, 0.05) is 0 Å². The van der Waals surface area contributed by atoms with Crippen LogP contribution in [0.1, 0.15) is 6.92 Å². The van der Waals surface area contributed by atoms with E-state index in [1.165, 1.54) is 6.21 Å². The van der Waals surface area contributed by atoms with Gasteiger partial charge in [0.1, 0.15) is 0 Å². The van der Waals surface area contributed by atoms with E-state index >= 15 is 0 Å². The summed E-state index contributed by atoms with van der Waals surface area (Å²) in [6.45, 7) is 1.65. The molecule has 1 radical (unpaired) electrons. The van der Waals surface area contributed by atoms with Gasteiger partial charge in [0.05, 0.1) is 11.9 Å². The zero-order valence-electron chi connectivity index (χ0n) is 7.14. The second kappa shape index (κ2) is 8.82. The average molecular weight is 280 g/mol. The summed E-state index contributed by atoms with van der Waals surface area (Å²) in [4.78, 5) is 0. The molecule has 0 saturated carbocycles. The molecule has 0 amide bonds. The third kappa shape index (κ3) is 11.2. The van der Waals surface area contributed by atoms with E-state index in [2.05, 4.69) is 45.7 Å². The molecule has 0 aliphatic rings. The molecule has 0 rings (SSSR count). The molecule has 0 heterocycles. The quantitative estimate of drug-likeness (QED) is 0.229. The van der Waals surface area contributed by atoms with Crippen molar-refractivity contribution in [2.45, 2.75) is 6.92 Å². The van der Waals surface area contributed by atoms with Gasteiger partial charge in [-0.05, 0) is 17.3 Å². The molecular formula is C5H8CuN6S2. The van der Waals surface area contributed by atoms with E-state index in [9.17, 15) is 0 Å². The summed E-state index contributed by atoms with van der Waals surface area (Å²) in [5, 5.41) is 13.8. The molecule has 0 aromatic carbocycles. The van der Waals surface area contributed by atoms with Crippen LogP contribution in [-0.4, -0.2) is 22.3 Å². The molecule has 81 valence electrons. The summed E-state index contributed by atoms with van der Waals surface area (Å²) < 4.78 is 0. The summed E-state index contributed by atoms with van der Waals surface area (Å²) in [6.07, 6.45) is 1.33. The predicted octanol–water partition coefficient (Wildman–Crippen LogP) is -0.931. The Bertz CT molecular complexity index is 276. The average Bonchev–Trinajstić information content (AvgIpc) is 2.00. The van der Waals surface area contributed by atoms with Crippen LogP contribution in [0, 0.1) is 0 Å². The van der Waals surface area contributed by atoms with Crippen molar-refractivity contribution in [3.8, 4) is 0 Å². The number of rotatable bonds is 3. The zero-order valence-corrected chi connectivity index (χ0v) is 9.71. The molecule has 9 heteroatoms. The van der Waals surface area contributed by atoms with Crippen LogP contribution in [-0.2, 0) is 42.3 Å². The van der Waals surface area contributed by atoms with Crippen LogP contribution in [0.15, 0.2) is 20.4 Å². The molecule has 0 bridgehead atoms. The molecule has 0 aromatic heterocycles. The minimum absolute atomic E-state index is 0. The summed E-state index contributed by atoms with van der Waals surface area (Å²) in [5.74, 6) is 0. The largest absolute Gasteiger partial charge is 2.00 e. The van der Waals surface area contributed by atoms with Gasteiger partial charge in [-0.1, -0.05) is 0 Å². The molecule has 0 spiro atoms. The molecular weight excluding hydrogens is 272 g/mol. The number of hydrogen-bond donors (Lipinski definition) is 2. The van der Waals surface area contributed by atoms with Gasteiger partial charge in [-0.25, -0.2) is 0 Å². The minimum Gasteiger partial charge on any atom is -0.741 e. The first-order valence-corrected chi connectivity index (χ1v) is 3.92. The van der Waals surface area contributed by atoms with E-state index in [1.807, 2.05) is 0 Å². The number of amidine groups is 2. The molecule has 0 aromatic rings. The summed E-state index contributed by atoms with van der Waals surface area (Å²) >= 11 is 8.91. The fraction of sp³-hybridized carbons (Fsp3) is 0.200. The second-order valence-corrected chi connectivity index (χ2v) is 2.70. The van der Waals surface area contributed by atoms with Crippen LogP contribution in [0.25, 0.3) is 0 Å². The van der Waals surface area contributed by atoms with Crippen molar-refractivity contribution >= 4 is 47.5 Å². The number of nitrogens with zero attached hydrogens (tertiary/aromatic N) is 4. The van der Waals surface area contributed by atoms with Gasteiger partial charge in [-0.15, -0.1) is 0 Å². The Balaban J connectivity index is 0. The summed E-state index contributed by atoms with van der Waals surface area (Å²) in [7, 11) is 0. The minimum atomic E-state index is -0.0460. The smallest absolute Gasteiger partial charge is 0.741 e. The Morgan fingerprint density at radius 1 is 1.07 bits per heavy atom. The van der Waals surface area contributed by atoms with Crippen LogP contribution >= 0.6 is 0 Å². The van der Waals surface area contributed by atoms with Gasteiger partial charge in [-0.2, -0.15) is 20.4 Å².